The fourth-order valence-electron chi connectivity index (χ4n) is 3.62. The van der Waals surface area contributed by atoms with Gasteiger partial charge in [-0.05, 0) is 63.8 Å². The van der Waals surface area contributed by atoms with E-state index in [0.717, 1.165) is 29.5 Å². The number of nitriles is 1. The normalized spacial score (nSPS) is 15.1. The number of carbonyl (C=O) groups is 1. The van der Waals surface area contributed by atoms with Crippen molar-refractivity contribution >= 4 is 6.09 Å². The van der Waals surface area contributed by atoms with Crippen molar-refractivity contribution in [3.8, 4) is 22.9 Å². The molecule has 29 heavy (non-hydrogen) atoms. The summed E-state index contributed by atoms with van der Waals surface area (Å²) in [6.07, 6.45) is 5.23. The molecule has 1 aromatic carbocycles. The second-order valence-corrected chi connectivity index (χ2v) is 8.39. The van der Waals surface area contributed by atoms with Crippen LogP contribution in [0.3, 0.4) is 0 Å². The highest BCUT2D eigenvalue weighted by Crippen LogP contribution is 2.31. The van der Waals surface area contributed by atoms with Crippen molar-refractivity contribution in [1.29, 1.82) is 5.26 Å². The van der Waals surface area contributed by atoms with Crippen molar-refractivity contribution in [3.05, 3.63) is 35.7 Å². The van der Waals surface area contributed by atoms with Crippen LogP contribution in [0.1, 0.15) is 50.8 Å². The van der Waals surface area contributed by atoms with Crippen LogP contribution in [0.4, 0.5) is 4.79 Å². The molecular formula is C22H28N4O3. The van der Waals surface area contributed by atoms with E-state index in [4.69, 9.17) is 9.47 Å². The molecule has 2 aromatic rings. The quantitative estimate of drug-likeness (QED) is 0.772. The lowest BCUT2D eigenvalue weighted by Crippen LogP contribution is -2.42. The van der Waals surface area contributed by atoms with Gasteiger partial charge in [0.2, 0.25) is 0 Å². The summed E-state index contributed by atoms with van der Waals surface area (Å²) < 4.78 is 12.8. The Morgan fingerprint density at radius 2 is 1.93 bits per heavy atom. The number of aryl methyl sites for hydroxylation is 1. The number of methoxy groups -OCH3 is 1. The van der Waals surface area contributed by atoms with Crippen molar-refractivity contribution in [1.82, 2.24) is 14.7 Å². The number of hydrogen-bond acceptors (Lipinski definition) is 5. The monoisotopic (exact) mass is 396 g/mol. The van der Waals surface area contributed by atoms with Gasteiger partial charge >= 0.3 is 6.09 Å². The zero-order chi connectivity index (χ0) is 21.2. The van der Waals surface area contributed by atoms with Crippen LogP contribution in [-0.2, 0) is 4.74 Å². The molecule has 0 saturated carbocycles. The van der Waals surface area contributed by atoms with Crippen LogP contribution in [0.15, 0.2) is 24.5 Å². The summed E-state index contributed by atoms with van der Waals surface area (Å²) in [7, 11) is 1.57. The molecule has 7 nitrogen and oxygen atoms in total. The lowest BCUT2D eigenvalue weighted by molar-refractivity contribution is 0.0185. The fraction of sp³-hybridized carbons (Fsp3) is 0.500. The molecule has 1 aliphatic heterocycles. The minimum atomic E-state index is -0.483. The number of ether oxygens (including phenoxy) is 2. The molecule has 2 heterocycles. The predicted octanol–water partition coefficient (Wildman–Crippen LogP) is 4.31. The number of carbonyl (C=O) groups excluding carboxylic acids is 1. The Hall–Kier alpha value is -3.01. The molecule has 0 radical (unpaired) electrons. The third-order valence-corrected chi connectivity index (χ3v) is 5.02. The van der Waals surface area contributed by atoms with Gasteiger partial charge in [-0.1, -0.05) is 0 Å². The van der Waals surface area contributed by atoms with Gasteiger partial charge in [0.25, 0.3) is 0 Å². The summed E-state index contributed by atoms with van der Waals surface area (Å²) in [6, 6.07) is 6.27. The van der Waals surface area contributed by atoms with Gasteiger partial charge in [-0.2, -0.15) is 10.4 Å². The molecule has 3 rings (SSSR count). The SMILES string of the molecule is COc1c(C)cc(-c2cnn(C3CCN(C(=O)OC(C)(C)C)CC3)c2)cc1C#N. The van der Waals surface area contributed by atoms with E-state index in [9.17, 15) is 10.1 Å². The van der Waals surface area contributed by atoms with Crippen molar-refractivity contribution < 1.29 is 14.3 Å². The van der Waals surface area contributed by atoms with Crippen molar-refractivity contribution in [2.75, 3.05) is 20.2 Å². The molecule has 0 bridgehead atoms. The molecule has 0 N–H and O–H groups in total. The number of benzene rings is 1. The molecule has 1 amide bonds. The van der Waals surface area contributed by atoms with E-state index in [1.54, 1.807) is 12.0 Å². The van der Waals surface area contributed by atoms with E-state index in [-0.39, 0.29) is 12.1 Å². The molecule has 0 aliphatic carbocycles. The lowest BCUT2D eigenvalue weighted by Gasteiger charge is -2.33. The lowest BCUT2D eigenvalue weighted by atomic mass is 10.0. The van der Waals surface area contributed by atoms with Gasteiger partial charge in [0.05, 0.1) is 24.9 Å². The number of aromatic nitrogens is 2. The summed E-state index contributed by atoms with van der Waals surface area (Å²) in [5.74, 6) is 0.609. The number of nitrogens with zero attached hydrogens (tertiary/aromatic N) is 4. The summed E-state index contributed by atoms with van der Waals surface area (Å²) in [4.78, 5) is 14.0. The molecule has 1 aromatic heterocycles. The molecule has 0 spiro atoms. The summed E-state index contributed by atoms with van der Waals surface area (Å²) >= 11 is 0. The first-order chi connectivity index (χ1) is 13.7. The third-order valence-electron chi connectivity index (χ3n) is 5.02. The smallest absolute Gasteiger partial charge is 0.410 e. The number of amides is 1. The number of rotatable bonds is 3. The van der Waals surface area contributed by atoms with Crippen LogP contribution in [0, 0.1) is 18.3 Å². The van der Waals surface area contributed by atoms with Crippen molar-refractivity contribution in [2.24, 2.45) is 0 Å². The zero-order valence-electron chi connectivity index (χ0n) is 17.7. The van der Waals surface area contributed by atoms with Gasteiger partial charge in [0.1, 0.15) is 17.4 Å². The van der Waals surface area contributed by atoms with Gasteiger partial charge < -0.3 is 14.4 Å². The third kappa shape index (κ3) is 4.70. The van der Waals surface area contributed by atoms with Crippen LogP contribution in [0.5, 0.6) is 5.75 Å². The van der Waals surface area contributed by atoms with Crippen molar-refractivity contribution in [2.45, 2.75) is 52.2 Å². The van der Waals surface area contributed by atoms with Crippen LogP contribution in [0.2, 0.25) is 0 Å². The maximum absolute atomic E-state index is 12.2. The van der Waals surface area contributed by atoms with E-state index >= 15 is 0 Å². The zero-order valence-corrected chi connectivity index (χ0v) is 17.7. The molecular weight excluding hydrogens is 368 g/mol. The van der Waals surface area contributed by atoms with E-state index < -0.39 is 5.60 Å². The fourth-order valence-corrected chi connectivity index (χ4v) is 3.62. The van der Waals surface area contributed by atoms with Gasteiger partial charge in [-0.25, -0.2) is 4.79 Å². The molecule has 1 saturated heterocycles. The Labute approximate surface area is 171 Å². The Morgan fingerprint density at radius 3 is 2.52 bits per heavy atom. The van der Waals surface area contributed by atoms with Crippen LogP contribution in [0.25, 0.3) is 11.1 Å². The largest absolute Gasteiger partial charge is 0.495 e. The maximum Gasteiger partial charge on any atom is 0.410 e. The Balaban J connectivity index is 1.70. The minimum absolute atomic E-state index is 0.234. The number of piperidine rings is 1. The first kappa shape index (κ1) is 20.7. The van der Waals surface area contributed by atoms with Gasteiger partial charge in [0, 0.05) is 24.8 Å². The highest BCUT2D eigenvalue weighted by molar-refractivity contribution is 5.69. The van der Waals surface area contributed by atoms with Crippen LogP contribution >= 0.6 is 0 Å². The Bertz CT molecular complexity index is 929. The van der Waals surface area contributed by atoms with E-state index in [1.807, 2.05) is 56.9 Å². The van der Waals surface area contributed by atoms with Gasteiger partial charge in [-0.3, -0.25) is 4.68 Å². The highest BCUT2D eigenvalue weighted by atomic mass is 16.6. The topological polar surface area (TPSA) is 80.4 Å². The molecule has 154 valence electrons. The molecule has 0 unspecified atom stereocenters. The van der Waals surface area contributed by atoms with Gasteiger partial charge in [0.15, 0.2) is 0 Å². The Kier molecular flexibility index (Phi) is 5.83. The summed E-state index contributed by atoms with van der Waals surface area (Å²) in [5.41, 5.74) is 2.85. The average Bonchev–Trinajstić information content (AvgIpc) is 3.16. The maximum atomic E-state index is 12.2. The second-order valence-electron chi connectivity index (χ2n) is 8.39. The first-order valence-electron chi connectivity index (χ1n) is 9.83. The molecule has 0 atom stereocenters. The van der Waals surface area contributed by atoms with Gasteiger partial charge in [-0.15, -0.1) is 0 Å². The number of hydrogen-bond donors (Lipinski definition) is 0. The average molecular weight is 396 g/mol. The molecule has 1 fully saturated rings. The molecule has 1 aliphatic rings. The van der Waals surface area contributed by atoms with Crippen LogP contribution in [-0.4, -0.2) is 46.6 Å². The highest BCUT2D eigenvalue weighted by Gasteiger charge is 2.28. The second kappa shape index (κ2) is 8.16. The van der Waals surface area contributed by atoms with Crippen molar-refractivity contribution in [3.63, 3.8) is 0 Å². The van der Waals surface area contributed by atoms with E-state index in [2.05, 4.69) is 11.2 Å². The minimum Gasteiger partial charge on any atom is -0.495 e. The van der Waals surface area contributed by atoms with Crippen LogP contribution < -0.4 is 4.74 Å². The first-order valence-corrected chi connectivity index (χ1v) is 9.83. The number of likely N-dealkylation sites (tertiary alicyclic amines) is 1. The molecule has 7 heteroatoms. The van der Waals surface area contributed by atoms with E-state index in [0.29, 0.717) is 24.4 Å². The van der Waals surface area contributed by atoms with E-state index in [1.165, 1.54) is 0 Å². The predicted molar refractivity (Wildman–Crippen MR) is 110 cm³/mol. The summed E-state index contributed by atoms with van der Waals surface area (Å²) in [5, 5.41) is 13.9. The standard InChI is InChI=1S/C22H28N4O3/c1-15-10-16(11-17(12-23)20(15)28-5)18-13-24-26(14-18)19-6-8-25(9-7-19)21(27)29-22(2,3)4/h10-11,13-14,19H,6-9H2,1-5H3. The summed E-state index contributed by atoms with van der Waals surface area (Å²) in [6.45, 7) is 8.86. The Morgan fingerprint density at radius 1 is 1.24 bits per heavy atom.